The van der Waals surface area contributed by atoms with E-state index in [1.54, 1.807) is 60.8 Å². The number of furan rings is 1. The van der Waals surface area contributed by atoms with Gasteiger partial charge in [0.25, 0.3) is 11.8 Å². The van der Waals surface area contributed by atoms with Crippen LogP contribution in [0, 0.1) is 0 Å². The molecular weight excluding hydrogens is 358 g/mol. The minimum Gasteiger partial charge on any atom is -0.463 e. The molecule has 0 saturated heterocycles. The van der Waals surface area contributed by atoms with Gasteiger partial charge in [-0.3, -0.25) is 14.7 Å². The van der Waals surface area contributed by atoms with Crippen LogP contribution in [0.15, 0.2) is 77.7 Å². The van der Waals surface area contributed by atoms with E-state index in [4.69, 9.17) is 4.42 Å². The van der Waals surface area contributed by atoms with Crippen LogP contribution in [0.3, 0.4) is 0 Å². The highest BCUT2D eigenvalue weighted by molar-refractivity contribution is 6.09. The summed E-state index contributed by atoms with van der Waals surface area (Å²) in [6.07, 6.45) is 4.53. The molecule has 3 aromatic heterocycles. The fourth-order valence-electron chi connectivity index (χ4n) is 2.63. The molecule has 3 N–H and O–H groups in total. The third-order valence-corrected chi connectivity index (χ3v) is 3.94. The molecule has 0 bridgehead atoms. The van der Waals surface area contributed by atoms with Gasteiger partial charge in [0, 0.05) is 17.4 Å². The minimum absolute atomic E-state index is 0.325. The van der Waals surface area contributed by atoms with Crippen molar-refractivity contribution in [2.75, 3.05) is 10.6 Å². The van der Waals surface area contributed by atoms with Crippen molar-refractivity contribution in [2.24, 2.45) is 0 Å². The molecule has 8 heteroatoms. The maximum absolute atomic E-state index is 12.6. The Morgan fingerprint density at radius 3 is 2.68 bits per heavy atom. The summed E-state index contributed by atoms with van der Waals surface area (Å²) in [6, 6.07) is 15.3. The van der Waals surface area contributed by atoms with E-state index in [0.717, 1.165) is 0 Å². The zero-order chi connectivity index (χ0) is 19.3. The van der Waals surface area contributed by atoms with Crippen LogP contribution >= 0.6 is 0 Å². The Hall–Kier alpha value is -4.20. The number of aromatic amines is 1. The number of nitrogens with one attached hydrogen (secondary N) is 3. The maximum Gasteiger partial charge on any atom is 0.259 e. The SMILES string of the molecule is O=C(Nc1ccccn1)c1cccc(NC(=O)c2cn[nH]c2-c2ccco2)c1. The number of amides is 2. The average molecular weight is 373 g/mol. The predicted octanol–water partition coefficient (Wildman–Crippen LogP) is 3.57. The van der Waals surface area contributed by atoms with Crippen molar-refractivity contribution < 1.29 is 14.0 Å². The van der Waals surface area contributed by atoms with Gasteiger partial charge in [0.1, 0.15) is 11.5 Å². The number of pyridine rings is 1. The lowest BCUT2D eigenvalue weighted by atomic mass is 10.1. The number of hydrogen-bond donors (Lipinski definition) is 3. The second-order valence-corrected chi connectivity index (χ2v) is 5.84. The first kappa shape index (κ1) is 17.2. The van der Waals surface area contributed by atoms with Gasteiger partial charge in [-0.25, -0.2) is 4.98 Å². The lowest BCUT2D eigenvalue weighted by Crippen LogP contribution is -2.15. The van der Waals surface area contributed by atoms with Crippen LogP contribution in [-0.2, 0) is 0 Å². The Balaban J connectivity index is 1.50. The molecule has 0 aliphatic heterocycles. The van der Waals surface area contributed by atoms with Gasteiger partial charge >= 0.3 is 0 Å². The molecule has 4 aromatic rings. The fraction of sp³-hybridized carbons (Fsp3) is 0. The quantitative estimate of drug-likeness (QED) is 0.495. The van der Waals surface area contributed by atoms with Crippen molar-refractivity contribution in [1.29, 1.82) is 0 Å². The Bertz CT molecular complexity index is 1100. The van der Waals surface area contributed by atoms with E-state index in [2.05, 4.69) is 25.8 Å². The molecule has 0 spiro atoms. The zero-order valence-electron chi connectivity index (χ0n) is 14.5. The second-order valence-electron chi connectivity index (χ2n) is 5.84. The summed E-state index contributed by atoms with van der Waals surface area (Å²) < 4.78 is 5.32. The minimum atomic E-state index is -0.373. The smallest absolute Gasteiger partial charge is 0.259 e. The Labute approximate surface area is 159 Å². The number of nitrogens with zero attached hydrogens (tertiary/aromatic N) is 2. The summed E-state index contributed by atoms with van der Waals surface area (Å²) in [5.41, 5.74) is 1.68. The van der Waals surface area contributed by atoms with Gasteiger partial charge in [0.15, 0.2) is 5.76 Å². The summed E-state index contributed by atoms with van der Waals surface area (Å²) in [4.78, 5) is 29.1. The largest absolute Gasteiger partial charge is 0.463 e. The van der Waals surface area contributed by atoms with Gasteiger partial charge in [-0.15, -0.1) is 0 Å². The molecule has 0 saturated carbocycles. The number of rotatable bonds is 5. The summed E-state index contributed by atoms with van der Waals surface area (Å²) in [5.74, 6) is 0.256. The molecule has 0 fully saturated rings. The van der Waals surface area contributed by atoms with Gasteiger partial charge in [0.2, 0.25) is 0 Å². The first-order valence-electron chi connectivity index (χ1n) is 8.42. The Morgan fingerprint density at radius 2 is 1.89 bits per heavy atom. The third-order valence-electron chi connectivity index (χ3n) is 3.94. The Kier molecular flexibility index (Phi) is 4.67. The van der Waals surface area contributed by atoms with E-state index in [1.807, 2.05) is 0 Å². The van der Waals surface area contributed by atoms with Crippen LogP contribution in [0.25, 0.3) is 11.5 Å². The van der Waals surface area contributed by atoms with Crippen LogP contribution in [0.4, 0.5) is 11.5 Å². The molecule has 4 rings (SSSR count). The molecule has 0 aliphatic carbocycles. The normalized spacial score (nSPS) is 10.4. The summed E-state index contributed by atoms with van der Waals surface area (Å²) >= 11 is 0. The second kappa shape index (κ2) is 7.58. The van der Waals surface area contributed by atoms with E-state index in [-0.39, 0.29) is 11.8 Å². The van der Waals surface area contributed by atoms with Crippen molar-refractivity contribution >= 4 is 23.3 Å². The van der Waals surface area contributed by atoms with E-state index < -0.39 is 0 Å². The molecular formula is C20H15N5O3. The van der Waals surface area contributed by atoms with Crippen molar-refractivity contribution in [1.82, 2.24) is 15.2 Å². The van der Waals surface area contributed by atoms with Crippen LogP contribution < -0.4 is 10.6 Å². The van der Waals surface area contributed by atoms with Gasteiger partial charge in [0.05, 0.1) is 18.0 Å². The fourth-order valence-corrected chi connectivity index (χ4v) is 2.63. The molecule has 3 heterocycles. The van der Waals surface area contributed by atoms with E-state index in [0.29, 0.717) is 34.1 Å². The summed E-state index contributed by atoms with van der Waals surface area (Å²) in [7, 11) is 0. The van der Waals surface area contributed by atoms with Gasteiger partial charge in [-0.1, -0.05) is 12.1 Å². The van der Waals surface area contributed by atoms with Crippen LogP contribution in [0.5, 0.6) is 0 Å². The highest BCUT2D eigenvalue weighted by Crippen LogP contribution is 2.22. The highest BCUT2D eigenvalue weighted by atomic mass is 16.3. The monoisotopic (exact) mass is 373 g/mol. The molecule has 28 heavy (non-hydrogen) atoms. The lowest BCUT2D eigenvalue weighted by Gasteiger charge is -2.08. The van der Waals surface area contributed by atoms with E-state index in [1.165, 1.54) is 12.5 Å². The molecule has 0 aliphatic rings. The number of aromatic nitrogens is 3. The number of carbonyl (C=O) groups excluding carboxylic acids is 2. The van der Waals surface area contributed by atoms with Gasteiger partial charge in [-0.2, -0.15) is 5.10 Å². The van der Waals surface area contributed by atoms with Crippen molar-refractivity contribution in [3.05, 3.63) is 84.4 Å². The van der Waals surface area contributed by atoms with Crippen molar-refractivity contribution in [3.8, 4) is 11.5 Å². The average Bonchev–Trinajstić information content (AvgIpc) is 3.40. The Morgan fingerprint density at radius 1 is 0.964 bits per heavy atom. The topological polar surface area (TPSA) is 113 Å². The van der Waals surface area contributed by atoms with Crippen LogP contribution in [0.2, 0.25) is 0 Å². The number of anilines is 2. The molecule has 2 amide bonds. The molecule has 8 nitrogen and oxygen atoms in total. The molecule has 1 aromatic carbocycles. The lowest BCUT2D eigenvalue weighted by molar-refractivity contribution is 0.101. The third kappa shape index (κ3) is 3.65. The molecule has 0 atom stereocenters. The number of carbonyl (C=O) groups is 2. The first-order valence-corrected chi connectivity index (χ1v) is 8.42. The van der Waals surface area contributed by atoms with E-state index in [9.17, 15) is 9.59 Å². The highest BCUT2D eigenvalue weighted by Gasteiger charge is 2.17. The van der Waals surface area contributed by atoms with E-state index >= 15 is 0 Å². The maximum atomic E-state index is 12.6. The summed E-state index contributed by atoms with van der Waals surface area (Å²) in [6.45, 7) is 0. The predicted molar refractivity (Wildman–Crippen MR) is 103 cm³/mol. The number of H-pyrrole nitrogens is 1. The molecule has 0 radical (unpaired) electrons. The summed E-state index contributed by atoms with van der Waals surface area (Å²) in [5, 5.41) is 12.1. The molecule has 0 unspecified atom stereocenters. The zero-order valence-corrected chi connectivity index (χ0v) is 14.5. The van der Waals surface area contributed by atoms with Crippen LogP contribution in [-0.4, -0.2) is 27.0 Å². The van der Waals surface area contributed by atoms with Crippen molar-refractivity contribution in [3.63, 3.8) is 0 Å². The standard InChI is InChI=1S/C20H15N5O3/c26-19(24-17-8-1-2-9-21-17)13-5-3-6-14(11-13)23-20(27)15-12-22-25-18(15)16-7-4-10-28-16/h1-12H,(H,22,25)(H,23,27)(H,21,24,26). The van der Waals surface area contributed by atoms with Crippen LogP contribution in [0.1, 0.15) is 20.7 Å². The molecule has 138 valence electrons. The van der Waals surface area contributed by atoms with Crippen molar-refractivity contribution in [2.45, 2.75) is 0 Å². The number of benzene rings is 1. The number of hydrogen-bond acceptors (Lipinski definition) is 5. The first-order chi connectivity index (χ1) is 13.7. The van der Waals surface area contributed by atoms with Gasteiger partial charge in [-0.05, 0) is 42.5 Å². The van der Waals surface area contributed by atoms with Gasteiger partial charge < -0.3 is 15.1 Å².